The zero-order valence-electron chi connectivity index (χ0n) is 12.0. The first-order chi connectivity index (χ1) is 9.76. The molecule has 4 nitrogen and oxygen atoms in total. The molecule has 1 fully saturated rings. The van der Waals surface area contributed by atoms with Gasteiger partial charge in [0.05, 0.1) is 27.9 Å². The van der Waals surface area contributed by atoms with Crippen LogP contribution in [0.4, 0.5) is 0 Å². The van der Waals surface area contributed by atoms with Crippen molar-refractivity contribution in [2.75, 3.05) is 33.8 Å². The molecule has 0 aliphatic carbocycles. The van der Waals surface area contributed by atoms with E-state index in [-0.39, 0.29) is 6.10 Å². The maximum atomic E-state index is 5.92. The average Bonchev–Trinajstić information content (AvgIpc) is 2.87. The van der Waals surface area contributed by atoms with Gasteiger partial charge >= 0.3 is 0 Å². The van der Waals surface area contributed by atoms with Gasteiger partial charge in [0.25, 0.3) is 0 Å². The Morgan fingerprint density at radius 3 is 3.10 bits per heavy atom. The molecule has 1 aliphatic heterocycles. The standard InChI is InChI=1S/C15H21N3OS/c1-16-12(13-10-18(2)7-8-19-13)9-15-17-11-5-3-4-6-14(11)20-15/h3-6,12-13,16H,7-10H2,1-2H3. The van der Waals surface area contributed by atoms with Crippen LogP contribution in [0.3, 0.4) is 0 Å². The molecule has 2 unspecified atom stereocenters. The highest BCUT2D eigenvalue weighted by Gasteiger charge is 2.26. The molecule has 5 heteroatoms. The van der Waals surface area contributed by atoms with E-state index < -0.39 is 0 Å². The Hall–Kier alpha value is -1.01. The lowest BCUT2D eigenvalue weighted by molar-refractivity contribution is -0.0372. The Morgan fingerprint density at radius 1 is 1.50 bits per heavy atom. The van der Waals surface area contributed by atoms with Crippen LogP contribution < -0.4 is 5.32 Å². The average molecular weight is 291 g/mol. The largest absolute Gasteiger partial charge is 0.374 e. The van der Waals surface area contributed by atoms with E-state index in [0.29, 0.717) is 6.04 Å². The molecule has 1 saturated heterocycles. The molecule has 0 amide bonds. The van der Waals surface area contributed by atoms with Gasteiger partial charge in [0.2, 0.25) is 0 Å². The summed E-state index contributed by atoms with van der Waals surface area (Å²) in [5.74, 6) is 0. The van der Waals surface area contributed by atoms with Crippen LogP contribution in [-0.4, -0.2) is 55.8 Å². The van der Waals surface area contributed by atoms with Crippen LogP contribution in [0, 0.1) is 0 Å². The predicted molar refractivity (Wildman–Crippen MR) is 83.4 cm³/mol. The Bertz CT molecular complexity index is 538. The second-order valence-corrected chi connectivity index (χ2v) is 6.46. The first-order valence-electron chi connectivity index (χ1n) is 7.08. The van der Waals surface area contributed by atoms with Gasteiger partial charge in [0.15, 0.2) is 0 Å². The zero-order chi connectivity index (χ0) is 13.9. The van der Waals surface area contributed by atoms with Crippen LogP contribution in [0.5, 0.6) is 0 Å². The predicted octanol–water partition coefficient (Wildman–Crippen LogP) is 1.76. The number of thiazole rings is 1. The number of morpholine rings is 1. The number of rotatable bonds is 4. The van der Waals surface area contributed by atoms with E-state index in [4.69, 9.17) is 9.72 Å². The first-order valence-corrected chi connectivity index (χ1v) is 7.90. The molecule has 1 aliphatic rings. The molecule has 0 spiro atoms. The highest BCUT2D eigenvalue weighted by molar-refractivity contribution is 7.18. The number of nitrogens with zero attached hydrogens (tertiary/aromatic N) is 2. The molecule has 108 valence electrons. The second-order valence-electron chi connectivity index (χ2n) is 5.35. The number of nitrogens with one attached hydrogen (secondary N) is 1. The third-order valence-corrected chi connectivity index (χ3v) is 4.91. The summed E-state index contributed by atoms with van der Waals surface area (Å²) in [4.78, 5) is 7.05. The molecule has 1 N–H and O–H groups in total. The van der Waals surface area contributed by atoms with E-state index in [1.54, 1.807) is 11.3 Å². The fourth-order valence-electron chi connectivity index (χ4n) is 2.67. The molecule has 0 saturated carbocycles. The molecule has 1 aromatic carbocycles. The lowest BCUT2D eigenvalue weighted by Gasteiger charge is -2.34. The lowest BCUT2D eigenvalue weighted by Crippen LogP contribution is -2.51. The van der Waals surface area contributed by atoms with Crippen LogP contribution >= 0.6 is 11.3 Å². The molecule has 0 radical (unpaired) electrons. The van der Waals surface area contributed by atoms with E-state index >= 15 is 0 Å². The van der Waals surface area contributed by atoms with E-state index in [9.17, 15) is 0 Å². The minimum Gasteiger partial charge on any atom is -0.374 e. The summed E-state index contributed by atoms with van der Waals surface area (Å²) in [7, 11) is 4.16. The Kier molecular flexibility index (Phi) is 4.31. The second kappa shape index (κ2) is 6.18. The monoisotopic (exact) mass is 291 g/mol. The number of benzene rings is 1. The molecular formula is C15H21N3OS. The number of para-hydroxylation sites is 1. The van der Waals surface area contributed by atoms with Crippen molar-refractivity contribution in [1.29, 1.82) is 0 Å². The summed E-state index contributed by atoms with van der Waals surface area (Å²) in [5.41, 5.74) is 1.10. The Labute approximate surface area is 123 Å². The quantitative estimate of drug-likeness (QED) is 0.931. The topological polar surface area (TPSA) is 37.4 Å². The van der Waals surface area contributed by atoms with Gasteiger partial charge in [-0.2, -0.15) is 0 Å². The zero-order valence-corrected chi connectivity index (χ0v) is 12.8. The van der Waals surface area contributed by atoms with Crippen LogP contribution in [0.1, 0.15) is 5.01 Å². The fraction of sp³-hybridized carbons (Fsp3) is 0.533. The molecule has 20 heavy (non-hydrogen) atoms. The van der Waals surface area contributed by atoms with Gasteiger partial charge in [-0.1, -0.05) is 12.1 Å². The SMILES string of the molecule is CNC(Cc1nc2ccccc2s1)C1CN(C)CCO1. The van der Waals surface area contributed by atoms with Crippen molar-refractivity contribution >= 4 is 21.6 Å². The molecule has 2 aromatic rings. The molecule has 3 rings (SSSR count). The van der Waals surface area contributed by atoms with Crippen LogP contribution in [0.2, 0.25) is 0 Å². The number of ether oxygens (including phenoxy) is 1. The number of aromatic nitrogens is 1. The van der Waals surface area contributed by atoms with Gasteiger partial charge in [-0.05, 0) is 26.2 Å². The molecular weight excluding hydrogens is 270 g/mol. The number of hydrogen-bond donors (Lipinski definition) is 1. The molecule has 2 heterocycles. The lowest BCUT2D eigenvalue weighted by atomic mass is 10.1. The van der Waals surface area contributed by atoms with Crippen molar-refractivity contribution in [3.8, 4) is 0 Å². The number of hydrogen-bond acceptors (Lipinski definition) is 5. The van der Waals surface area contributed by atoms with Crippen LogP contribution in [-0.2, 0) is 11.2 Å². The summed E-state index contributed by atoms with van der Waals surface area (Å²) in [5, 5.41) is 4.58. The van der Waals surface area contributed by atoms with Crippen molar-refractivity contribution in [2.45, 2.75) is 18.6 Å². The van der Waals surface area contributed by atoms with Gasteiger partial charge in [-0.15, -0.1) is 11.3 Å². The fourth-order valence-corrected chi connectivity index (χ4v) is 3.69. The minimum absolute atomic E-state index is 0.241. The van der Waals surface area contributed by atoms with Gasteiger partial charge in [-0.3, -0.25) is 0 Å². The van der Waals surface area contributed by atoms with Gasteiger partial charge in [0.1, 0.15) is 0 Å². The maximum Gasteiger partial charge on any atom is 0.0955 e. The van der Waals surface area contributed by atoms with E-state index in [2.05, 4.69) is 35.5 Å². The van der Waals surface area contributed by atoms with Crippen molar-refractivity contribution in [2.24, 2.45) is 0 Å². The normalized spacial score (nSPS) is 22.2. The summed E-state index contributed by atoms with van der Waals surface area (Å²) in [6, 6.07) is 8.64. The smallest absolute Gasteiger partial charge is 0.0955 e. The number of fused-ring (bicyclic) bond motifs is 1. The number of likely N-dealkylation sites (N-methyl/N-ethyl adjacent to an activating group) is 2. The van der Waals surface area contributed by atoms with Gasteiger partial charge in [-0.25, -0.2) is 4.98 Å². The van der Waals surface area contributed by atoms with E-state index in [1.807, 2.05) is 13.1 Å². The highest BCUT2D eigenvalue weighted by atomic mass is 32.1. The van der Waals surface area contributed by atoms with E-state index in [0.717, 1.165) is 31.6 Å². The molecule has 2 atom stereocenters. The van der Waals surface area contributed by atoms with Crippen LogP contribution in [0.25, 0.3) is 10.2 Å². The van der Waals surface area contributed by atoms with Crippen molar-refractivity contribution < 1.29 is 4.74 Å². The molecule has 1 aromatic heterocycles. The van der Waals surface area contributed by atoms with Crippen molar-refractivity contribution in [1.82, 2.24) is 15.2 Å². The van der Waals surface area contributed by atoms with E-state index in [1.165, 1.54) is 9.71 Å². The Morgan fingerprint density at radius 2 is 2.35 bits per heavy atom. The first kappa shape index (κ1) is 13.9. The van der Waals surface area contributed by atoms with Crippen LogP contribution in [0.15, 0.2) is 24.3 Å². The summed E-state index contributed by atoms with van der Waals surface area (Å²) in [6.07, 6.45) is 1.17. The van der Waals surface area contributed by atoms with Gasteiger partial charge in [0, 0.05) is 25.6 Å². The third kappa shape index (κ3) is 3.01. The summed E-state index contributed by atoms with van der Waals surface area (Å²) >= 11 is 1.79. The minimum atomic E-state index is 0.241. The maximum absolute atomic E-state index is 5.92. The van der Waals surface area contributed by atoms with Crippen molar-refractivity contribution in [3.63, 3.8) is 0 Å². The summed E-state index contributed by atoms with van der Waals surface area (Å²) < 4.78 is 7.18. The third-order valence-electron chi connectivity index (χ3n) is 3.85. The highest BCUT2D eigenvalue weighted by Crippen LogP contribution is 2.23. The Balaban J connectivity index is 1.73. The van der Waals surface area contributed by atoms with Crippen molar-refractivity contribution in [3.05, 3.63) is 29.3 Å². The summed E-state index contributed by atoms with van der Waals surface area (Å²) in [6.45, 7) is 2.82. The van der Waals surface area contributed by atoms with Gasteiger partial charge < -0.3 is 15.0 Å². The molecule has 0 bridgehead atoms.